The van der Waals surface area contributed by atoms with Crippen molar-refractivity contribution in [2.24, 2.45) is 5.92 Å². The van der Waals surface area contributed by atoms with E-state index >= 15 is 0 Å². The molecule has 0 amide bonds. The molecule has 0 aliphatic carbocycles. The lowest BCUT2D eigenvalue weighted by Crippen LogP contribution is -2.12. The van der Waals surface area contributed by atoms with Crippen molar-refractivity contribution in [1.29, 1.82) is 0 Å². The molecule has 1 aliphatic rings. The highest BCUT2D eigenvalue weighted by Crippen LogP contribution is 2.42. The third-order valence-electron chi connectivity index (χ3n) is 5.53. The molecule has 1 heterocycles. The van der Waals surface area contributed by atoms with Crippen LogP contribution in [0.25, 0.3) is 0 Å². The number of methoxy groups -OCH3 is 1. The van der Waals surface area contributed by atoms with Crippen LogP contribution in [0.5, 0.6) is 11.5 Å². The predicted molar refractivity (Wildman–Crippen MR) is 122 cm³/mol. The molecule has 2 rings (SSSR count). The number of rotatable bonds is 12. The molecule has 0 fully saturated rings. The van der Waals surface area contributed by atoms with Crippen LogP contribution in [0.4, 0.5) is 0 Å². The van der Waals surface area contributed by atoms with Gasteiger partial charge in [-0.05, 0) is 49.0 Å². The molecule has 0 saturated heterocycles. The lowest BCUT2D eigenvalue weighted by molar-refractivity contribution is 0.149. The molecule has 1 aromatic rings. The minimum Gasteiger partial charge on any atom is -0.495 e. The van der Waals surface area contributed by atoms with Crippen LogP contribution >= 0.6 is 11.6 Å². The number of benzene rings is 1. The summed E-state index contributed by atoms with van der Waals surface area (Å²) in [5, 5.41) is 0.533. The predicted octanol–water partition coefficient (Wildman–Crippen LogP) is 8.04. The van der Waals surface area contributed by atoms with E-state index in [9.17, 15) is 0 Å². The Kier molecular flexibility index (Phi) is 9.93. The van der Waals surface area contributed by atoms with Crippen LogP contribution in [0, 0.1) is 5.92 Å². The fourth-order valence-electron chi connectivity index (χ4n) is 3.67. The normalized spacial score (nSPS) is 17.7. The van der Waals surface area contributed by atoms with E-state index in [1.54, 1.807) is 7.11 Å². The molecule has 0 bridgehead atoms. The number of allylic oxidation sites excluding steroid dienone is 2. The highest BCUT2D eigenvalue weighted by Gasteiger charge is 2.24. The minimum absolute atomic E-state index is 0.0345. The van der Waals surface area contributed by atoms with E-state index in [0.29, 0.717) is 29.0 Å². The van der Waals surface area contributed by atoms with Crippen LogP contribution in [-0.2, 0) is 4.74 Å². The second-order valence-corrected chi connectivity index (χ2v) is 8.07. The van der Waals surface area contributed by atoms with Gasteiger partial charge in [0, 0.05) is 12.0 Å². The van der Waals surface area contributed by atoms with Crippen LogP contribution in [0.1, 0.15) is 84.3 Å². The molecular weight excluding hydrogens is 384 g/mol. The number of ether oxygens (including phenoxy) is 3. The molecule has 0 N–H and O–H groups in total. The van der Waals surface area contributed by atoms with Gasteiger partial charge in [0.15, 0.2) is 0 Å². The van der Waals surface area contributed by atoms with Crippen molar-refractivity contribution < 1.29 is 14.2 Å². The standard InChI is InChI=1S/C25H37ClO3/c1-6-10-12-19(9-4)21-13-14-22(29-21)20-15-23(27-5)25(26)24(16-20)28-17-18(8-3)11-7-2/h12-13,15-16,18,22H,6-11,14,17H2,1-5H3. The lowest BCUT2D eigenvalue weighted by atomic mass is 10.0. The summed E-state index contributed by atoms with van der Waals surface area (Å²) >= 11 is 6.54. The number of hydrogen-bond acceptors (Lipinski definition) is 3. The van der Waals surface area contributed by atoms with Gasteiger partial charge in [-0.25, -0.2) is 0 Å². The van der Waals surface area contributed by atoms with Gasteiger partial charge in [-0.1, -0.05) is 64.6 Å². The fourth-order valence-corrected chi connectivity index (χ4v) is 3.91. The van der Waals surface area contributed by atoms with Gasteiger partial charge in [-0.15, -0.1) is 0 Å². The Hall–Kier alpha value is -1.61. The molecule has 0 aromatic heterocycles. The first-order valence-electron chi connectivity index (χ1n) is 11.1. The Morgan fingerprint density at radius 2 is 1.97 bits per heavy atom. The average Bonchev–Trinajstić information content (AvgIpc) is 3.22. The molecule has 162 valence electrons. The van der Waals surface area contributed by atoms with Gasteiger partial charge in [-0.3, -0.25) is 0 Å². The van der Waals surface area contributed by atoms with Crippen molar-refractivity contribution in [3.05, 3.63) is 46.2 Å². The number of hydrogen-bond donors (Lipinski definition) is 0. The van der Waals surface area contributed by atoms with Crippen molar-refractivity contribution >= 4 is 11.6 Å². The van der Waals surface area contributed by atoms with E-state index in [1.807, 2.05) is 12.1 Å². The molecule has 29 heavy (non-hydrogen) atoms. The van der Waals surface area contributed by atoms with E-state index in [0.717, 1.165) is 56.3 Å². The van der Waals surface area contributed by atoms with Crippen LogP contribution in [0.15, 0.2) is 35.6 Å². The number of halogens is 1. The minimum atomic E-state index is -0.0345. The van der Waals surface area contributed by atoms with E-state index in [4.69, 9.17) is 25.8 Å². The summed E-state index contributed by atoms with van der Waals surface area (Å²) in [5.74, 6) is 2.87. The third kappa shape index (κ3) is 6.44. The van der Waals surface area contributed by atoms with Gasteiger partial charge in [0.2, 0.25) is 0 Å². The zero-order valence-corrected chi connectivity index (χ0v) is 19.5. The van der Waals surface area contributed by atoms with Crippen LogP contribution < -0.4 is 9.47 Å². The van der Waals surface area contributed by atoms with Crippen molar-refractivity contribution in [3.63, 3.8) is 0 Å². The van der Waals surface area contributed by atoms with Crippen LogP contribution in [0.3, 0.4) is 0 Å². The van der Waals surface area contributed by atoms with Crippen molar-refractivity contribution in [3.8, 4) is 11.5 Å². The van der Waals surface area contributed by atoms with E-state index in [2.05, 4.69) is 39.8 Å². The summed E-state index contributed by atoms with van der Waals surface area (Å²) in [5.41, 5.74) is 2.33. The summed E-state index contributed by atoms with van der Waals surface area (Å²) < 4.78 is 18.0. The first-order chi connectivity index (χ1) is 14.1. The summed E-state index contributed by atoms with van der Waals surface area (Å²) in [6, 6.07) is 3.99. The van der Waals surface area contributed by atoms with E-state index in [1.165, 1.54) is 5.57 Å². The maximum absolute atomic E-state index is 6.54. The molecule has 0 saturated carbocycles. The van der Waals surface area contributed by atoms with Crippen molar-refractivity contribution in [1.82, 2.24) is 0 Å². The maximum Gasteiger partial charge on any atom is 0.142 e. The van der Waals surface area contributed by atoms with E-state index in [-0.39, 0.29) is 6.10 Å². The summed E-state index contributed by atoms with van der Waals surface area (Å²) in [6.07, 6.45) is 11.9. The first-order valence-corrected chi connectivity index (χ1v) is 11.5. The molecule has 3 nitrogen and oxygen atoms in total. The van der Waals surface area contributed by atoms with Crippen LogP contribution in [0.2, 0.25) is 5.02 Å². The highest BCUT2D eigenvalue weighted by atomic mass is 35.5. The second-order valence-electron chi connectivity index (χ2n) is 7.69. The Morgan fingerprint density at radius 3 is 2.59 bits per heavy atom. The molecule has 0 radical (unpaired) electrons. The van der Waals surface area contributed by atoms with Gasteiger partial charge in [-0.2, -0.15) is 0 Å². The van der Waals surface area contributed by atoms with Gasteiger partial charge in [0.25, 0.3) is 0 Å². The maximum atomic E-state index is 6.54. The molecular formula is C25H37ClO3. The van der Waals surface area contributed by atoms with Crippen molar-refractivity contribution in [2.75, 3.05) is 13.7 Å². The Balaban J connectivity index is 2.17. The molecule has 1 aromatic carbocycles. The zero-order chi connectivity index (χ0) is 21.2. The quantitative estimate of drug-likeness (QED) is 0.342. The average molecular weight is 421 g/mol. The largest absolute Gasteiger partial charge is 0.495 e. The zero-order valence-electron chi connectivity index (χ0n) is 18.7. The Bertz CT molecular complexity index is 708. The van der Waals surface area contributed by atoms with Gasteiger partial charge < -0.3 is 14.2 Å². The fraction of sp³-hybridized carbons (Fsp3) is 0.600. The second kappa shape index (κ2) is 12.2. The van der Waals surface area contributed by atoms with Gasteiger partial charge >= 0.3 is 0 Å². The number of unbranched alkanes of at least 4 members (excludes halogenated alkanes) is 1. The lowest BCUT2D eigenvalue weighted by Gasteiger charge is -2.20. The van der Waals surface area contributed by atoms with E-state index < -0.39 is 0 Å². The third-order valence-corrected chi connectivity index (χ3v) is 5.90. The summed E-state index contributed by atoms with van der Waals surface area (Å²) in [4.78, 5) is 0. The summed E-state index contributed by atoms with van der Waals surface area (Å²) in [7, 11) is 1.64. The summed E-state index contributed by atoms with van der Waals surface area (Å²) in [6.45, 7) is 9.46. The van der Waals surface area contributed by atoms with Gasteiger partial charge in [0.1, 0.15) is 28.4 Å². The highest BCUT2D eigenvalue weighted by molar-refractivity contribution is 6.33. The SMILES string of the molecule is CCCC=C(CC)C1=CCC(c2cc(OC)c(Cl)c(OCC(CC)CCC)c2)O1. The Morgan fingerprint density at radius 1 is 1.21 bits per heavy atom. The van der Waals surface area contributed by atoms with Crippen LogP contribution in [-0.4, -0.2) is 13.7 Å². The Labute approximate surface area is 182 Å². The topological polar surface area (TPSA) is 27.7 Å². The molecule has 2 atom stereocenters. The first kappa shape index (κ1) is 23.7. The van der Waals surface area contributed by atoms with Gasteiger partial charge in [0.05, 0.1) is 13.7 Å². The molecule has 1 aliphatic heterocycles. The monoisotopic (exact) mass is 420 g/mol. The molecule has 2 unspecified atom stereocenters. The smallest absolute Gasteiger partial charge is 0.142 e. The molecule has 4 heteroatoms. The molecule has 0 spiro atoms. The van der Waals surface area contributed by atoms with Crippen molar-refractivity contribution in [2.45, 2.75) is 78.7 Å².